The molecule has 0 saturated carbocycles. The second kappa shape index (κ2) is 10.5. The third-order valence-electron chi connectivity index (χ3n) is 9.31. The van der Waals surface area contributed by atoms with E-state index in [1.165, 1.54) is 82.1 Å². The fourth-order valence-electron chi connectivity index (χ4n) is 6.15. The van der Waals surface area contributed by atoms with Crippen LogP contribution in [0.1, 0.15) is 105 Å². The molecule has 0 saturated heterocycles. The van der Waals surface area contributed by atoms with Crippen LogP contribution in [0.15, 0.2) is 60.7 Å². The van der Waals surface area contributed by atoms with E-state index in [2.05, 4.69) is 144 Å². The van der Waals surface area contributed by atoms with E-state index in [1.807, 2.05) is 45.3 Å². The maximum absolute atomic E-state index is 2.48. The molecule has 0 bridgehead atoms. The van der Waals surface area contributed by atoms with Gasteiger partial charge in [-0.25, -0.2) is 0 Å². The van der Waals surface area contributed by atoms with Crippen molar-refractivity contribution in [3.05, 3.63) is 82.9 Å². The fourth-order valence-corrected chi connectivity index (χ4v) is 11.2. The highest BCUT2D eigenvalue weighted by atomic mass is 32.1. The van der Waals surface area contributed by atoms with Crippen molar-refractivity contribution >= 4 is 84.3 Å². The lowest BCUT2D eigenvalue weighted by Gasteiger charge is -2.26. The Morgan fingerprint density at radius 2 is 0.630 bits per heavy atom. The smallest absolute Gasteiger partial charge is 0.0536 e. The van der Waals surface area contributed by atoms with Gasteiger partial charge in [-0.15, -0.1) is 45.3 Å². The number of hydrogen-bond acceptors (Lipinski definition) is 4. The summed E-state index contributed by atoms with van der Waals surface area (Å²) in [6.07, 6.45) is 0. The molecule has 4 heterocycles. The number of benzene rings is 3. The molecule has 0 aliphatic heterocycles. The summed E-state index contributed by atoms with van der Waals surface area (Å²) in [7, 11) is 0. The van der Waals surface area contributed by atoms with E-state index in [0.717, 1.165) is 0 Å². The van der Waals surface area contributed by atoms with Crippen molar-refractivity contribution in [2.24, 2.45) is 0 Å². The Bertz CT molecular complexity index is 2050. The molecule has 3 aromatic carbocycles. The average Bonchev–Trinajstić information content (AvgIpc) is 3.69. The molecule has 7 aromatic rings. The lowest BCUT2D eigenvalue weighted by molar-refractivity contribution is 0.568. The second-order valence-electron chi connectivity index (χ2n) is 17.3. The van der Waals surface area contributed by atoms with Crippen LogP contribution in [0.25, 0.3) is 59.9 Å². The molecule has 7 rings (SSSR count). The van der Waals surface area contributed by atoms with Gasteiger partial charge in [0, 0.05) is 39.3 Å². The Labute approximate surface area is 291 Å². The Kier molecular flexibility index (Phi) is 7.32. The third-order valence-corrected chi connectivity index (χ3v) is 14.2. The molecule has 0 atom stereocenters. The molecule has 0 amide bonds. The minimum Gasteiger partial charge on any atom is -0.134 e. The molecule has 0 aliphatic carbocycles. The Morgan fingerprint density at radius 3 is 0.913 bits per heavy atom. The summed E-state index contributed by atoms with van der Waals surface area (Å²) >= 11 is 7.84. The molecule has 0 spiro atoms. The standard InChI is InChI=1S/C42H46S4/c1-39(2,3)25-13-23(14-26(17-25)40(4,5)6)31-21-35-37(45-31)29-19-34-30(20-33(29)43-35)38-36(44-34)22-32(46-38)24-15-27(41(7,8)9)18-28(16-24)42(10,11)12/h13-22H,1-12H3. The molecule has 46 heavy (non-hydrogen) atoms. The van der Waals surface area contributed by atoms with E-state index in [0.29, 0.717) is 0 Å². The van der Waals surface area contributed by atoms with Crippen LogP contribution in [0.4, 0.5) is 0 Å². The van der Waals surface area contributed by atoms with Gasteiger partial charge >= 0.3 is 0 Å². The van der Waals surface area contributed by atoms with Crippen molar-refractivity contribution in [3.63, 3.8) is 0 Å². The second-order valence-corrected chi connectivity index (χ2v) is 21.5. The molecule has 0 unspecified atom stereocenters. The maximum Gasteiger partial charge on any atom is 0.0536 e. The largest absolute Gasteiger partial charge is 0.134 e. The lowest BCUT2D eigenvalue weighted by atomic mass is 9.79. The first-order valence-corrected chi connectivity index (χ1v) is 19.7. The summed E-state index contributed by atoms with van der Waals surface area (Å²) in [5.41, 5.74) is 8.80. The van der Waals surface area contributed by atoms with E-state index < -0.39 is 0 Å². The van der Waals surface area contributed by atoms with Crippen molar-refractivity contribution in [1.82, 2.24) is 0 Å². The van der Waals surface area contributed by atoms with Crippen LogP contribution in [0.3, 0.4) is 0 Å². The molecule has 0 aliphatic rings. The molecule has 0 N–H and O–H groups in total. The predicted octanol–water partition coefficient (Wildman–Crippen LogP) is 15.1. The first-order valence-electron chi connectivity index (χ1n) is 16.4. The van der Waals surface area contributed by atoms with Crippen molar-refractivity contribution in [3.8, 4) is 20.9 Å². The normalized spacial score (nSPS) is 13.7. The molecule has 4 heteroatoms. The SMILES string of the molecule is CC(C)(C)c1cc(-c2cc3sc4cc5c(cc4c3s2)sc2cc(-c3cc(C(C)(C)C)cc(C(C)(C)C)c3)sc25)cc(C(C)(C)C)c1. The van der Waals surface area contributed by atoms with E-state index in [1.54, 1.807) is 0 Å². The van der Waals surface area contributed by atoms with E-state index >= 15 is 0 Å². The van der Waals surface area contributed by atoms with Gasteiger partial charge in [-0.2, -0.15) is 0 Å². The first kappa shape index (κ1) is 32.1. The van der Waals surface area contributed by atoms with Gasteiger partial charge in [-0.1, -0.05) is 95.2 Å². The first-order chi connectivity index (χ1) is 21.3. The highest BCUT2D eigenvalue weighted by Gasteiger charge is 2.24. The lowest BCUT2D eigenvalue weighted by Crippen LogP contribution is -2.16. The topological polar surface area (TPSA) is 0 Å². The van der Waals surface area contributed by atoms with Crippen LogP contribution in [-0.4, -0.2) is 0 Å². The van der Waals surface area contributed by atoms with Crippen LogP contribution < -0.4 is 0 Å². The average molecular weight is 679 g/mol. The Morgan fingerprint density at radius 1 is 0.326 bits per heavy atom. The van der Waals surface area contributed by atoms with Gasteiger partial charge in [0.25, 0.3) is 0 Å². The summed E-state index contributed by atoms with van der Waals surface area (Å²) in [5, 5.41) is 2.82. The Balaban J connectivity index is 1.33. The van der Waals surface area contributed by atoms with E-state index in [4.69, 9.17) is 0 Å². The van der Waals surface area contributed by atoms with Gasteiger partial charge in [0.1, 0.15) is 0 Å². The molecule has 0 nitrogen and oxygen atoms in total. The van der Waals surface area contributed by atoms with Gasteiger partial charge < -0.3 is 0 Å². The summed E-state index contributed by atoms with van der Waals surface area (Å²) < 4.78 is 8.48. The highest BCUT2D eigenvalue weighted by Crippen LogP contribution is 2.49. The number of hydrogen-bond donors (Lipinski definition) is 0. The third kappa shape index (κ3) is 5.68. The van der Waals surface area contributed by atoms with Crippen LogP contribution in [0, 0.1) is 0 Å². The molecular weight excluding hydrogens is 633 g/mol. The molecular formula is C42H46S4. The zero-order valence-electron chi connectivity index (χ0n) is 29.4. The number of thiophene rings is 4. The van der Waals surface area contributed by atoms with Crippen LogP contribution in [0.2, 0.25) is 0 Å². The van der Waals surface area contributed by atoms with Gasteiger partial charge in [0.15, 0.2) is 0 Å². The fraction of sp³-hybridized carbons (Fsp3) is 0.381. The number of rotatable bonds is 2. The van der Waals surface area contributed by atoms with Crippen LogP contribution in [0.5, 0.6) is 0 Å². The molecule has 0 radical (unpaired) electrons. The minimum atomic E-state index is 0.110. The van der Waals surface area contributed by atoms with Gasteiger partial charge in [0.2, 0.25) is 0 Å². The zero-order valence-corrected chi connectivity index (χ0v) is 32.7. The van der Waals surface area contributed by atoms with Crippen LogP contribution in [-0.2, 0) is 21.7 Å². The minimum absolute atomic E-state index is 0.110. The Hall–Kier alpha value is -2.50. The monoisotopic (exact) mass is 678 g/mol. The summed E-state index contributed by atoms with van der Waals surface area (Å²) in [4.78, 5) is 2.76. The van der Waals surface area contributed by atoms with Crippen molar-refractivity contribution < 1.29 is 0 Å². The van der Waals surface area contributed by atoms with Gasteiger partial charge in [-0.3, -0.25) is 0 Å². The zero-order chi connectivity index (χ0) is 33.1. The van der Waals surface area contributed by atoms with E-state index in [9.17, 15) is 0 Å². The highest BCUT2D eigenvalue weighted by molar-refractivity contribution is 7.35. The van der Waals surface area contributed by atoms with Crippen LogP contribution >= 0.6 is 45.3 Å². The van der Waals surface area contributed by atoms with Gasteiger partial charge in [-0.05, 0) is 104 Å². The van der Waals surface area contributed by atoms with E-state index in [-0.39, 0.29) is 21.7 Å². The van der Waals surface area contributed by atoms with Crippen molar-refractivity contribution in [1.29, 1.82) is 0 Å². The van der Waals surface area contributed by atoms with Crippen molar-refractivity contribution in [2.75, 3.05) is 0 Å². The van der Waals surface area contributed by atoms with Gasteiger partial charge in [0.05, 0.1) is 9.40 Å². The molecule has 0 fully saturated rings. The van der Waals surface area contributed by atoms with Crippen molar-refractivity contribution in [2.45, 2.75) is 105 Å². The summed E-state index contributed by atoms with van der Waals surface area (Å²) in [6, 6.07) is 24.4. The molecule has 238 valence electrons. The predicted molar refractivity (Wildman–Crippen MR) is 214 cm³/mol. The summed E-state index contributed by atoms with van der Waals surface area (Å²) in [6.45, 7) is 27.9. The quantitative estimate of drug-likeness (QED) is 0.171. The summed E-state index contributed by atoms with van der Waals surface area (Å²) in [5.74, 6) is 0. The molecule has 4 aromatic heterocycles. The number of fused-ring (bicyclic) bond motifs is 6. The maximum atomic E-state index is 2.48.